The standard InChI is InChI=1S/C15H23BrN2O3/c1-10(2)17-8-11-6-12(16)15(13(7-11)20-5)21-9-14(19)18(3)4/h6-7,10,17H,8-9H2,1-5H3. The molecule has 0 aliphatic carbocycles. The first-order chi connectivity index (χ1) is 9.85. The summed E-state index contributed by atoms with van der Waals surface area (Å²) in [4.78, 5) is 13.1. The summed E-state index contributed by atoms with van der Waals surface area (Å²) in [5.41, 5.74) is 1.08. The van der Waals surface area contributed by atoms with Gasteiger partial charge >= 0.3 is 0 Å². The quantitative estimate of drug-likeness (QED) is 0.813. The van der Waals surface area contributed by atoms with Gasteiger partial charge < -0.3 is 19.7 Å². The molecule has 1 aromatic rings. The Bertz CT molecular complexity index is 490. The highest BCUT2D eigenvalue weighted by molar-refractivity contribution is 9.10. The summed E-state index contributed by atoms with van der Waals surface area (Å²) in [6, 6.07) is 4.28. The van der Waals surface area contributed by atoms with E-state index in [1.165, 1.54) is 4.90 Å². The van der Waals surface area contributed by atoms with Gasteiger partial charge in [0.1, 0.15) is 0 Å². The van der Waals surface area contributed by atoms with Gasteiger partial charge in [0.15, 0.2) is 18.1 Å². The summed E-state index contributed by atoms with van der Waals surface area (Å²) < 4.78 is 11.7. The van der Waals surface area contributed by atoms with Gasteiger partial charge in [0, 0.05) is 26.7 Å². The minimum Gasteiger partial charge on any atom is -0.493 e. The molecule has 6 heteroatoms. The first-order valence-corrected chi connectivity index (χ1v) is 7.57. The third kappa shape index (κ3) is 5.55. The van der Waals surface area contributed by atoms with Crippen molar-refractivity contribution in [2.45, 2.75) is 26.4 Å². The number of nitrogens with one attached hydrogen (secondary N) is 1. The average Bonchev–Trinajstić information content (AvgIpc) is 2.42. The zero-order chi connectivity index (χ0) is 16.0. The van der Waals surface area contributed by atoms with Gasteiger partial charge in [-0.25, -0.2) is 0 Å². The van der Waals surface area contributed by atoms with E-state index in [0.717, 1.165) is 16.6 Å². The number of ether oxygens (including phenoxy) is 2. The van der Waals surface area contributed by atoms with E-state index in [1.54, 1.807) is 21.2 Å². The Balaban J connectivity index is 2.87. The Labute approximate surface area is 134 Å². The molecule has 0 saturated carbocycles. The average molecular weight is 359 g/mol. The van der Waals surface area contributed by atoms with Crippen molar-refractivity contribution in [3.8, 4) is 11.5 Å². The van der Waals surface area contributed by atoms with E-state index in [2.05, 4.69) is 35.1 Å². The second-order valence-electron chi connectivity index (χ2n) is 5.22. The van der Waals surface area contributed by atoms with Crippen LogP contribution < -0.4 is 14.8 Å². The van der Waals surface area contributed by atoms with Crippen molar-refractivity contribution < 1.29 is 14.3 Å². The van der Waals surface area contributed by atoms with Gasteiger partial charge in [0.05, 0.1) is 11.6 Å². The minimum atomic E-state index is -0.102. The summed E-state index contributed by atoms with van der Waals surface area (Å²) >= 11 is 3.48. The third-order valence-electron chi connectivity index (χ3n) is 2.84. The van der Waals surface area contributed by atoms with Crippen LogP contribution in [0.1, 0.15) is 19.4 Å². The SMILES string of the molecule is COc1cc(CNC(C)C)cc(Br)c1OCC(=O)N(C)C. The van der Waals surface area contributed by atoms with Crippen molar-refractivity contribution >= 4 is 21.8 Å². The van der Waals surface area contributed by atoms with Gasteiger partial charge in [-0.15, -0.1) is 0 Å². The Hall–Kier alpha value is -1.27. The largest absolute Gasteiger partial charge is 0.493 e. The van der Waals surface area contributed by atoms with Crippen molar-refractivity contribution in [3.63, 3.8) is 0 Å². The number of hydrogen-bond acceptors (Lipinski definition) is 4. The highest BCUT2D eigenvalue weighted by Crippen LogP contribution is 2.36. The number of methoxy groups -OCH3 is 1. The van der Waals surface area contributed by atoms with E-state index in [0.29, 0.717) is 17.5 Å². The smallest absolute Gasteiger partial charge is 0.259 e. The topological polar surface area (TPSA) is 50.8 Å². The van der Waals surface area contributed by atoms with Crippen LogP contribution in [-0.4, -0.2) is 44.7 Å². The molecule has 21 heavy (non-hydrogen) atoms. The maximum absolute atomic E-state index is 11.6. The second-order valence-corrected chi connectivity index (χ2v) is 6.08. The van der Waals surface area contributed by atoms with E-state index in [-0.39, 0.29) is 12.5 Å². The predicted octanol–water partition coefficient (Wildman–Crippen LogP) is 2.42. The lowest BCUT2D eigenvalue weighted by Crippen LogP contribution is -2.27. The zero-order valence-electron chi connectivity index (χ0n) is 13.2. The van der Waals surface area contributed by atoms with E-state index in [1.807, 2.05) is 12.1 Å². The molecule has 0 fully saturated rings. The van der Waals surface area contributed by atoms with E-state index >= 15 is 0 Å². The fourth-order valence-corrected chi connectivity index (χ4v) is 2.20. The molecule has 0 unspecified atom stereocenters. The molecule has 118 valence electrons. The summed E-state index contributed by atoms with van der Waals surface area (Å²) in [5, 5.41) is 3.35. The molecule has 0 bridgehead atoms. The highest BCUT2D eigenvalue weighted by atomic mass is 79.9. The van der Waals surface area contributed by atoms with Gasteiger partial charge in [-0.1, -0.05) is 13.8 Å². The lowest BCUT2D eigenvalue weighted by atomic mass is 10.2. The van der Waals surface area contributed by atoms with Crippen LogP contribution in [0, 0.1) is 0 Å². The molecule has 1 rings (SSSR count). The number of hydrogen-bond donors (Lipinski definition) is 1. The summed E-state index contributed by atoms with van der Waals surface area (Å²) in [6.45, 7) is 4.91. The van der Waals surface area contributed by atoms with Crippen molar-refractivity contribution in [1.82, 2.24) is 10.2 Å². The van der Waals surface area contributed by atoms with Crippen LogP contribution in [0.15, 0.2) is 16.6 Å². The molecule has 0 aromatic heterocycles. The van der Waals surface area contributed by atoms with Gasteiger partial charge in [-0.3, -0.25) is 4.79 Å². The van der Waals surface area contributed by atoms with Crippen LogP contribution in [0.25, 0.3) is 0 Å². The maximum atomic E-state index is 11.6. The number of halogens is 1. The molecule has 0 spiro atoms. The molecule has 1 aromatic carbocycles. The molecule has 0 heterocycles. The van der Waals surface area contributed by atoms with Crippen LogP contribution in [0.4, 0.5) is 0 Å². The second kappa shape index (κ2) is 8.24. The monoisotopic (exact) mass is 358 g/mol. The van der Waals surface area contributed by atoms with Crippen LogP contribution in [0.5, 0.6) is 11.5 Å². The first kappa shape index (κ1) is 17.8. The van der Waals surface area contributed by atoms with Crippen molar-refractivity contribution in [3.05, 3.63) is 22.2 Å². The van der Waals surface area contributed by atoms with Crippen LogP contribution in [-0.2, 0) is 11.3 Å². The lowest BCUT2D eigenvalue weighted by Gasteiger charge is -2.16. The Morgan fingerprint density at radius 2 is 2.05 bits per heavy atom. The van der Waals surface area contributed by atoms with Crippen molar-refractivity contribution in [2.75, 3.05) is 27.8 Å². The molecule has 5 nitrogen and oxygen atoms in total. The minimum absolute atomic E-state index is 0.0223. The van der Waals surface area contributed by atoms with Gasteiger partial charge in [-0.2, -0.15) is 0 Å². The van der Waals surface area contributed by atoms with Gasteiger partial charge in [0.2, 0.25) is 0 Å². The highest BCUT2D eigenvalue weighted by Gasteiger charge is 2.14. The number of carbonyl (C=O) groups is 1. The molecule has 0 aliphatic heterocycles. The fraction of sp³-hybridized carbons (Fsp3) is 0.533. The predicted molar refractivity (Wildman–Crippen MR) is 86.9 cm³/mol. The fourth-order valence-electron chi connectivity index (χ4n) is 1.60. The number of amides is 1. The van der Waals surface area contributed by atoms with Gasteiger partial charge in [0.25, 0.3) is 5.91 Å². The number of benzene rings is 1. The summed E-state index contributed by atoms with van der Waals surface area (Å²) in [5.74, 6) is 1.05. The van der Waals surface area contributed by atoms with Crippen molar-refractivity contribution in [1.29, 1.82) is 0 Å². The van der Waals surface area contributed by atoms with Crippen molar-refractivity contribution in [2.24, 2.45) is 0 Å². The number of carbonyl (C=O) groups excluding carboxylic acids is 1. The number of nitrogens with zero attached hydrogens (tertiary/aromatic N) is 1. The number of likely N-dealkylation sites (N-methyl/N-ethyl adjacent to an activating group) is 1. The molecule has 1 N–H and O–H groups in total. The maximum Gasteiger partial charge on any atom is 0.259 e. The van der Waals surface area contributed by atoms with Crippen LogP contribution in [0.2, 0.25) is 0 Å². The van der Waals surface area contributed by atoms with Gasteiger partial charge in [-0.05, 0) is 33.6 Å². The lowest BCUT2D eigenvalue weighted by molar-refractivity contribution is -0.130. The molecule has 0 aliphatic rings. The van der Waals surface area contributed by atoms with E-state index < -0.39 is 0 Å². The Kier molecular flexibility index (Phi) is 6.98. The van der Waals surface area contributed by atoms with E-state index in [9.17, 15) is 4.79 Å². The molecule has 0 radical (unpaired) electrons. The molecular weight excluding hydrogens is 336 g/mol. The normalized spacial score (nSPS) is 10.6. The molecule has 0 saturated heterocycles. The van der Waals surface area contributed by atoms with Crippen LogP contribution in [0.3, 0.4) is 0 Å². The Morgan fingerprint density at radius 1 is 1.38 bits per heavy atom. The third-order valence-corrected chi connectivity index (χ3v) is 3.43. The van der Waals surface area contributed by atoms with E-state index in [4.69, 9.17) is 9.47 Å². The first-order valence-electron chi connectivity index (χ1n) is 6.78. The molecule has 1 amide bonds. The Morgan fingerprint density at radius 3 is 2.57 bits per heavy atom. The summed E-state index contributed by atoms with van der Waals surface area (Å²) in [7, 11) is 4.97. The van der Waals surface area contributed by atoms with Crippen LogP contribution >= 0.6 is 15.9 Å². The zero-order valence-corrected chi connectivity index (χ0v) is 14.8. The molecular formula is C15H23BrN2O3. The molecule has 0 atom stereocenters. The number of rotatable bonds is 7. The summed E-state index contributed by atoms with van der Waals surface area (Å²) in [6.07, 6.45) is 0.